The predicted molar refractivity (Wildman–Crippen MR) is 72.7 cm³/mol. The molecule has 1 aromatic rings. The van der Waals surface area contributed by atoms with Gasteiger partial charge in [-0.05, 0) is 18.2 Å². The van der Waals surface area contributed by atoms with Gasteiger partial charge in [0.25, 0.3) is 0 Å². The van der Waals surface area contributed by atoms with Crippen molar-refractivity contribution in [3.8, 4) is 5.75 Å². The van der Waals surface area contributed by atoms with Crippen molar-refractivity contribution in [1.82, 2.24) is 10.6 Å². The van der Waals surface area contributed by atoms with Crippen LogP contribution in [0.1, 0.15) is 19.4 Å². The summed E-state index contributed by atoms with van der Waals surface area (Å²) >= 11 is 5.84. The molecule has 0 saturated heterocycles. The lowest BCUT2D eigenvalue weighted by Gasteiger charge is -2.09. The normalized spacial score (nSPS) is 10.7. The molecule has 1 amide bonds. The van der Waals surface area contributed by atoms with Gasteiger partial charge in [0.15, 0.2) is 0 Å². The first-order chi connectivity index (χ1) is 8.50. The summed E-state index contributed by atoms with van der Waals surface area (Å²) in [4.78, 5) is 11.3. The Hall–Kier alpha value is -1.26. The largest absolute Gasteiger partial charge is 0.508 e. The Morgan fingerprint density at radius 2 is 2.11 bits per heavy atom. The SMILES string of the molecule is CC(C)C(=O)NCCNCc1cc(Cl)ccc1O. The molecule has 4 nitrogen and oxygen atoms in total. The second kappa shape index (κ2) is 7.24. The van der Waals surface area contributed by atoms with Crippen LogP contribution in [0.4, 0.5) is 0 Å². The maximum atomic E-state index is 11.3. The fourth-order valence-electron chi connectivity index (χ4n) is 1.40. The van der Waals surface area contributed by atoms with Crippen molar-refractivity contribution in [3.63, 3.8) is 0 Å². The van der Waals surface area contributed by atoms with E-state index < -0.39 is 0 Å². The van der Waals surface area contributed by atoms with E-state index in [1.54, 1.807) is 18.2 Å². The summed E-state index contributed by atoms with van der Waals surface area (Å²) in [5.74, 6) is 0.266. The van der Waals surface area contributed by atoms with Crippen LogP contribution in [0, 0.1) is 5.92 Å². The van der Waals surface area contributed by atoms with Gasteiger partial charge in [0, 0.05) is 36.1 Å². The molecule has 0 fully saturated rings. The molecule has 0 aliphatic carbocycles. The van der Waals surface area contributed by atoms with Gasteiger partial charge in [0.1, 0.15) is 5.75 Å². The van der Waals surface area contributed by atoms with Gasteiger partial charge < -0.3 is 15.7 Å². The van der Waals surface area contributed by atoms with Crippen LogP contribution >= 0.6 is 11.6 Å². The van der Waals surface area contributed by atoms with Crippen molar-refractivity contribution in [2.45, 2.75) is 20.4 Å². The van der Waals surface area contributed by atoms with E-state index in [0.29, 0.717) is 24.7 Å². The summed E-state index contributed by atoms with van der Waals surface area (Å²) < 4.78 is 0. The van der Waals surface area contributed by atoms with Gasteiger partial charge in [-0.3, -0.25) is 4.79 Å². The molecule has 0 heterocycles. The minimum absolute atomic E-state index is 0.00183. The highest BCUT2D eigenvalue weighted by Crippen LogP contribution is 2.20. The van der Waals surface area contributed by atoms with E-state index in [4.69, 9.17) is 11.6 Å². The number of amides is 1. The molecule has 0 bridgehead atoms. The molecule has 5 heteroatoms. The fraction of sp³-hybridized carbons (Fsp3) is 0.462. The Morgan fingerprint density at radius 3 is 2.78 bits per heavy atom. The van der Waals surface area contributed by atoms with Crippen molar-refractivity contribution in [2.75, 3.05) is 13.1 Å². The first kappa shape index (κ1) is 14.8. The number of aromatic hydroxyl groups is 1. The molecule has 0 spiro atoms. The standard InChI is InChI=1S/C13H19ClN2O2/c1-9(2)13(18)16-6-5-15-8-10-7-11(14)3-4-12(10)17/h3-4,7,9,15,17H,5-6,8H2,1-2H3,(H,16,18). The number of halogens is 1. The molecule has 0 aromatic heterocycles. The first-order valence-electron chi connectivity index (χ1n) is 5.96. The van der Waals surface area contributed by atoms with Crippen LogP contribution in [0.3, 0.4) is 0 Å². The molecule has 100 valence electrons. The zero-order chi connectivity index (χ0) is 13.5. The van der Waals surface area contributed by atoms with Gasteiger partial charge in [-0.15, -0.1) is 0 Å². The van der Waals surface area contributed by atoms with Gasteiger partial charge in [0.05, 0.1) is 0 Å². The van der Waals surface area contributed by atoms with Crippen LogP contribution in [0.5, 0.6) is 5.75 Å². The molecule has 18 heavy (non-hydrogen) atoms. The Bertz CT molecular complexity index is 408. The molecule has 0 saturated carbocycles. The Balaban J connectivity index is 2.26. The number of phenols is 1. The summed E-state index contributed by atoms with van der Waals surface area (Å²) in [6.07, 6.45) is 0. The predicted octanol–water partition coefficient (Wildman–Crippen LogP) is 1.91. The third kappa shape index (κ3) is 4.94. The van der Waals surface area contributed by atoms with Gasteiger partial charge in [-0.1, -0.05) is 25.4 Å². The number of hydrogen-bond donors (Lipinski definition) is 3. The number of phenolic OH excluding ortho intramolecular Hbond substituents is 1. The van der Waals surface area contributed by atoms with Crippen LogP contribution in [-0.2, 0) is 11.3 Å². The van der Waals surface area contributed by atoms with E-state index in [1.807, 2.05) is 13.8 Å². The van der Waals surface area contributed by atoms with E-state index in [2.05, 4.69) is 10.6 Å². The molecule has 0 atom stereocenters. The zero-order valence-corrected chi connectivity index (χ0v) is 11.4. The van der Waals surface area contributed by atoms with Gasteiger partial charge in [-0.25, -0.2) is 0 Å². The molecule has 0 aliphatic rings. The Kier molecular flexibility index (Phi) is 5.95. The average molecular weight is 271 g/mol. The number of carbonyl (C=O) groups is 1. The monoisotopic (exact) mass is 270 g/mol. The topological polar surface area (TPSA) is 61.4 Å². The van der Waals surface area contributed by atoms with E-state index >= 15 is 0 Å². The molecule has 0 unspecified atom stereocenters. The third-order valence-corrected chi connectivity index (χ3v) is 2.72. The Labute approximate surface area is 112 Å². The van der Waals surface area contributed by atoms with Crippen molar-refractivity contribution in [2.24, 2.45) is 5.92 Å². The molecule has 1 aromatic carbocycles. The lowest BCUT2D eigenvalue weighted by Crippen LogP contribution is -2.34. The minimum atomic E-state index is 0.00183. The summed E-state index contributed by atoms with van der Waals surface area (Å²) in [7, 11) is 0. The first-order valence-corrected chi connectivity index (χ1v) is 6.34. The number of benzene rings is 1. The zero-order valence-electron chi connectivity index (χ0n) is 10.7. The molecule has 3 N–H and O–H groups in total. The van der Waals surface area contributed by atoms with Crippen molar-refractivity contribution < 1.29 is 9.90 Å². The van der Waals surface area contributed by atoms with Crippen LogP contribution in [-0.4, -0.2) is 24.1 Å². The summed E-state index contributed by atoms with van der Waals surface area (Å²) in [6.45, 7) is 5.44. The van der Waals surface area contributed by atoms with E-state index in [9.17, 15) is 9.90 Å². The van der Waals surface area contributed by atoms with E-state index in [1.165, 1.54) is 0 Å². The average Bonchev–Trinajstić information content (AvgIpc) is 2.32. The summed E-state index contributed by atoms with van der Waals surface area (Å²) in [5.41, 5.74) is 0.748. The van der Waals surface area contributed by atoms with Crippen molar-refractivity contribution in [1.29, 1.82) is 0 Å². The molecule has 0 radical (unpaired) electrons. The summed E-state index contributed by atoms with van der Waals surface area (Å²) in [6, 6.07) is 4.93. The van der Waals surface area contributed by atoms with Crippen LogP contribution < -0.4 is 10.6 Å². The highest BCUT2D eigenvalue weighted by Gasteiger charge is 2.05. The van der Waals surface area contributed by atoms with Crippen LogP contribution in [0.25, 0.3) is 0 Å². The second-order valence-electron chi connectivity index (χ2n) is 4.40. The maximum Gasteiger partial charge on any atom is 0.222 e. The smallest absolute Gasteiger partial charge is 0.222 e. The lowest BCUT2D eigenvalue weighted by atomic mass is 10.2. The van der Waals surface area contributed by atoms with Gasteiger partial charge in [0.2, 0.25) is 5.91 Å². The number of carbonyl (C=O) groups excluding carboxylic acids is 1. The molecular formula is C13H19ClN2O2. The van der Waals surface area contributed by atoms with Crippen LogP contribution in [0.2, 0.25) is 5.02 Å². The molecular weight excluding hydrogens is 252 g/mol. The number of nitrogens with one attached hydrogen (secondary N) is 2. The van der Waals surface area contributed by atoms with Gasteiger partial charge in [-0.2, -0.15) is 0 Å². The van der Waals surface area contributed by atoms with E-state index in [0.717, 1.165) is 5.56 Å². The lowest BCUT2D eigenvalue weighted by molar-refractivity contribution is -0.123. The highest BCUT2D eigenvalue weighted by molar-refractivity contribution is 6.30. The highest BCUT2D eigenvalue weighted by atomic mass is 35.5. The minimum Gasteiger partial charge on any atom is -0.508 e. The van der Waals surface area contributed by atoms with Crippen molar-refractivity contribution in [3.05, 3.63) is 28.8 Å². The quantitative estimate of drug-likeness (QED) is 0.692. The van der Waals surface area contributed by atoms with Crippen molar-refractivity contribution >= 4 is 17.5 Å². The summed E-state index contributed by atoms with van der Waals surface area (Å²) in [5, 5.41) is 16.1. The van der Waals surface area contributed by atoms with E-state index in [-0.39, 0.29) is 17.6 Å². The second-order valence-corrected chi connectivity index (χ2v) is 4.83. The number of hydrogen-bond acceptors (Lipinski definition) is 3. The molecule has 0 aliphatic heterocycles. The van der Waals surface area contributed by atoms with Gasteiger partial charge >= 0.3 is 0 Å². The number of rotatable bonds is 6. The third-order valence-electron chi connectivity index (χ3n) is 2.48. The molecule has 1 rings (SSSR count). The maximum absolute atomic E-state index is 11.3. The van der Waals surface area contributed by atoms with Crippen LogP contribution in [0.15, 0.2) is 18.2 Å². The Morgan fingerprint density at radius 1 is 1.39 bits per heavy atom. The fourth-order valence-corrected chi connectivity index (χ4v) is 1.59.